The standard InChI is InChI=1S/C12H11F2N2O5S/c1-15-6-10(11(17)16(2)12(15)18)22(19,20)21-9-4-3-7(13)5-8(9)14/h3-6,10H,1-2H3/q+1. The molecule has 22 heavy (non-hydrogen) atoms. The molecule has 1 aliphatic heterocycles. The fraction of sp³-hybridized carbons (Fsp3) is 0.250. The first kappa shape index (κ1) is 16.0. The van der Waals surface area contributed by atoms with E-state index in [0.717, 1.165) is 30.0 Å². The summed E-state index contributed by atoms with van der Waals surface area (Å²) in [7, 11) is -2.25. The van der Waals surface area contributed by atoms with Crippen LogP contribution in [0.2, 0.25) is 0 Å². The van der Waals surface area contributed by atoms with Gasteiger partial charge in [-0.25, -0.2) is 18.2 Å². The van der Waals surface area contributed by atoms with Crippen molar-refractivity contribution in [2.45, 2.75) is 5.25 Å². The molecule has 0 bridgehead atoms. The van der Waals surface area contributed by atoms with Crippen molar-refractivity contribution in [3.8, 4) is 5.75 Å². The van der Waals surface area contributed by atoms with Gasteiger partial charge in [-0.05, 0) is 12.1 Å². The lowest BCUT2D eigenvalue weighted by atomic mass is 10.3. The predicted octanol–water partition coefficient (Wildman–Crippen LogP) is 0.347. The minimum Gasteiger partial charge on any atom is -0.378 e. The van der Waals surface area contributed by atoms with Crippen LogP contribution in [0.25, 0.3) is 0 Å². The highest BCUT2D eigenvalue weighted by molar-refractivity contribution is 7.89. The van der Waals surface area contributed by atoms with Crippen LogP contribution in [-0.2, 0) is 14.9 Å². The van der Waals surface area contributed by atoms with E-state index >= 15 is 0 Å². The molecule has 1 aliphatic rings. The van der Waals surface area contributed by atoms with Crippen LogP contribution < -0.4 is 4.18 Å². The minimum atomic E-state index is -4.61. The van der Waals surface area contributed by atoms with Gasteiger partial charge in [0.05, 0.1) is 14.1 Å². The molecule has 1 aromatic carbocycles. The highest BCUT2D eigenvalue weighted by Crippen LogP contribution is 2.21. The molecule has 0 aromatic heterocycles. The average molecular weight is 333 g/mol. The van der Waals surface area contributed by atoms with Crippen LogP contribution in [0.3, 0.4) is 0 Å². The number of halogens is 2. The van der Waals surface area contributed by atoms with Crippen molar-refractivity contribution in [2.24, 2.45) is 0 Å². The Balaban J connectivity index is 2.38. The number of amides is 3. The molecular weight excluding hydrogens is 322 g/mol. The number of rotatable bonds is 3. The molecule has 7 nitrogen and oxygen atoms in total. The van der Waals surface area contributed by atoms with Crippen LogP contribution in [0.4, 0.5) is 13.6 Å². The molecule has 2 rings (SSSR count). The van der Waals surface area contributed by atoms with E-state index in [-0.39, 0.29) is 0 Å². The van der Waals surface area contributed by atoms with Crippen molar-refractivity contribution in [2.75, 3.05) is 14.1 Å². The van der Waals surface area contributed by atoms with Gasteiger partial charge in [-0.3, -0.25) is 0 Å². The SMILES string of the molecule is CN1C(=O)C(S(=O)(=O)Oc2ccc(F)cc2F)C=[N+](C)C1=O. The van der Waals surface area contributed by atoms with Gasteiger partial charge in [0, 0.05) is 6.07 Å². The van der Waals surface area contributed by atoms with E-state index in [9.17, 15) is 26.8 Å². The van der Waals surface area contributed by atoms with E-state index < -0.39 is 44.7 Å². The van der Waals surface area contributed by atoms with Gasteiger partial charge in [0.15, 0.2) is 11.6 Å². The fourth-order valence-electron chi connectivity index (χ4n) is 1.77. The van der Waals surface area contributed by atoms with Gasteiger partial charge in [-0.15, -0.1) is 0 Å². The third-order valence-corrected chi connectivity index (χ3v) is 4.29. The second kappa shape index (κ2) is 5.44. The van der Waals surface area contributed by atoms with E-state index in [4.69, 9.17) is 0 Å². The van der Waals surface area contributed by atoms with Crippen LogP contribution >= 0.6 is 0 Å². The number of benzene rings is 1. The molecule has 0 N–H and O–H groups in total. The summed E-state index contributed by atoms with van der Waals surface area (Å²) in [5.41, 5.74) is 0. The molecule has 0 saturated carbocycles. The summed E-state index contributed by atoms with van der Waals surface area (Å²) in [5, 5.41) is -1.82. The first-order valence-electron chi connectivity index (χ1n) is 5.91. The number of hydrogen-bond acceptors (Lipinski definition) is 5. The first-order valence-corrected chi connectivity index (χ1v) is 7.38. The molecule has 118 valence electrons. The summed E-state index contributed by atoms with van der Waals surface area (Å²) in [6.45, 7) is 0. The summed E-state index contributed by atoms with van der Waals surface area (Å²) < 4.78 is 55.9. The quantitative estimate of drug-likeness (QED) is 0.589. The van der Waals surface area contributed by atoms with Crippen molar-refractivity contribution in [3.63, 3.8) is 0 Å². The molecule has 1 atom stereocenters. The maximum atomic E-state index is 13.5. The van der Waals surface area contributed by atoms with Gasteiger partial charge >= 0.3 is 22.1 Å². The Morgan fingerprint density at radius 1 is 1.27 bits per heavy atom. The number of nitrogens with zero attached hydrogens (tertiary/aromatic N) is 2. The molecule has 10 heteroatoms. The van der Waals surface area contributed by atoms with Crippen LogP contribution in [0.5, 0.6) is 5.75 Å². The third kappa shape index (κ3) is 2.82. The first-order chi connectivity index (χ1) is 10.1. The Hall–Kier alpha value is -2.36. The topological polar surface area (TPSA) is 83.8 Å². The molecule has 0 fully saturated rings. The minimum absolute atomic E-state index is 0.443. The summed E-state index contributed by atoms with van der Waals surface area (Å²) in [6, 6.07) is 1.32. The zero-order valence-corrected chi connectivity index (χ0v) is 12.3. The van der Waals surface area contributed by atoms with Gasteiger partial charge in [-0.2, -0.15) is 18.1 Å². The Kier molecular flexibility index (Phi) is 3.96. The van der Waals surface area contributed by atoms with E-state index in [1.54, 1.807) is 0 Å². The molecule has 3 amide bonds. The van der Waals surface area contributed by atoms with E-state index in [1.165, 1.54) is 7.05 Å². The lowest BCUT2D eigenvalue weighted by Gasteiger charge is -2.19. The van der Waals surface area contributed by atoms with Crippen LogP contribution in [0.15, 0.2) is 18.2 Å². The maximum Gasteiger partial charge on any atom is 0.500 e. The van der Waals surface area contributed by atoms with Gasteiger partial charge in [-0.1, -0.05) is 0 Å². The lowest BCUT2D eigenvalue weighted by molar-refractivity contribution is -0.399. The average Bonchev–Trinajstić information content (AvgIpc) is 2.43. The van der Waals surface area contributed by atoms with E-state index in [2.05, 4.69) is 4.18 Å². The van der Waals surface area contributed by atoms with E-state index in [1.807, 2.05) is 0 Å². The Bertz CT molecular complexity index is 791. The number of urea groups is 1. The Morgan fingerprint density at radius 2 is 1.91 bits per heavy atom. The Morgan fingerprint density at radius 3 is 2.50 bits per heavy atom. The van der Waals surface area contributed by atoms with Gasteiger partial charge in [0.25, 0.3) is 5.25 Å². The predicted molar refractivity (Wildman–Crippen MR) is 70.1 cm³/mol. The highest BCUT2D eigenvalue weighted by Gasteiger charge is 2.47. The number of carbonyl (C=O) groups is 2. The molecule has 0 saturated heterocycles. The summed E-state index contributed by atoms with van der Waals surface area (Å²) >= 11 is 0. The van der Waals surface area contributed by atoms with Crippen LogP contribution in [0, 0.1) is 11.6 Å². The van der Waals surface area contributed by atoms with Gasteiger partial charge in [0.2, 0.25) is 0 Å². The lowest BCUT2D eigenvalue weighted by Crippen LogP contribution is -2.54. The monoisotopic (exact) mass is 333 g/mol. The third-order valence-electron chi connectivity index (χ3n) is 2.93. The second-order valence-corrected chi connectivity index (χ2v) is 6.17. The Labute approximate surface area is 124 Å². The molecule has 1 unspecified atom stereocenters. The van der Waals surface area contributed by atoms with E-state index in [0.29, 0.717) is 11.0 Å². The highest BCUT2D eigenvalue weighted by atomic mass is 32.2. The zero-order valence-electron chi connectivity index (χ0n) is 11.5. The normalized spacial score (nSPS) is 19.2. The van der Waals surface area contributed by atoms with Crippen molar-refractivity contribution in [1.82, 2.24) is 4.90 Å². The van der Waals surface area contributed by atoms with Crippen molar-refractivity contribution < 1.29 is 35.5 Å². The molecule has 0 radical (unpaired) electrons. The molecule has 1 aromatic rings. The fourth-order valence-corrected chi connectivity index (χ4v) is 3.00. The molecule has 0 aliphatic carbocycles. The van der Waals surface area contributed by atoms with Crippen molar-refractivity contribution in [1.29, 1.82) is 0 Å². The number of imide groups is 1. The molecule has 1 heterocycles. The van der Waals surface area contributed by atoms with Crippen molar-refractivity contribution >= 4 is 28.3 Å². The number of carbonyl (C=O) groups excluding carboxylic acids is 2. The van der Waals surface area contributed by atoms with Crippen LogP contribution in [-0.4, -0.2) is 55.4 Å². The summed E-state index contributed by atoms with van der Waals surface area (Å²) in [5.74, 6) is -3.92. The summed E-state index contributed by atoms with van der Waals surface area (Å²) in [4.78, 5) is 24.0. The zero-order chi connectivity index (χ0) is 16.7. The number of hydrogen-bond donors (Lipinski definition) is 0. The smallest absolute Gasteiger partial charge is 0.378 e. The van der Waals surface area contributed by atoms with Gasteiger partial charge in [0.1, 0.15) is 12.0 Å². The summed E-state index contributed by atoms with van der Waals surface area (Å²) in [6.07, 6.45) is 0.849. The van der Waals surface area contributed by atoms with Gasteiger partial charge < -0.3 is 4.18 Å². The largest absolute Gasteiger partial charge is 0.500 e. The molecular formula is C12H11F2N2O5S+. The maximum absolute atomic E-state index is 13.5. The molecule has 0 spiro atoms. The second-order valence-electron chi connectivity index (χ2n) is 4.51. The van der Waals surface area contributed by atoms with Crippen LogP contribution in [0.1, 0.15) is 0 Å². The van der Waals surface area contributed by atoms with Crippen molar-refractivity contribution in [3.05, 3.63) is 29.8 Å².